The fraction of sp³-hybridized carbons (Fsp3) is 0.444. The molecule has 0 bridgehead atoms. The van der Waals surface area contributed by atoms with E-state index in [0.717, 1.165) is 18.7 Å². The number of hydrogen-bond donors (Lipinski definition) is 1. The summed E-state index contributed by atoms with van der Waals surface area (Å²) in [5.41, 5.74) is 0.319. The van der Waals surface area contributed by atoms with Crippen LogP contribution < -0.4 is 4.90 Å². The fourth-order valence-electron chi connectivity index (χ4n) is 3.57. The molecule has 1 N–H and O–H groups in total. The number of rotatable bonds is 4. The van der Waals surface area contributed by atoms with Gasteiger partial charge in [0.1, 0.15) is 16.4 Å². The van der Waals surface area contributed by atoms with Crippen molar-refractivity contribution in [1.29, 1.82) is 0 Å². The van der Waals surface area contributed by atoms with Gasteiger partial charge in [0.2, 0.25) is 10.0 Å². The number of aromatic amines is 1. The summed E-state index contributed by atoms with van der Waals surface area (Å²) < 4.78 is 26.7. The standard InChI is InChI=1S/C18H23N5O3S/c24-18(22-11-9-21(10-12-22)17-5-1-2-6-19-17)16-13-15(14-20-16)27(25,26)23-7-3-4-8-23/h1-2,5-6,13-14,20H,3-4,7-12H2. The predicted octanol–water partition coefficient (Wildman–Crippen LogP) is 1.16. The van der Waals surface area contributed by atoms with Crippen molar-refractivity contribution in [1.82, 2.24) is 19.2 Å². The van der Waals surface area contributed by atoms with Gasteiger partial charge in [0.15, 0.2) is 0 Å². The zero-order valence-corrected chi connectivity index (χ0v) is 15.9. The van der Waals surface area contributed by atoms with Gasteiger partial charge >= 0.3 is 0 Å². The van der Waals surface area contributed by atoms with Crippen LogP contribution in [0.15, 0.2) is 41.6 Å². The van der Waals surface area contributed by atoms with Crippen LogP contribution in [0.3, 0.4) is 0 Å². The largest absolute Gasteiger partial charge is 0.356 e. The van der Waals surface area contributed by atoms with Crippen molar-refractivity contribution in [3.8, 4) is 0 Å². The summed E-state index contributed by atoms with van der Waals surface area (Å²) in [7, 11) is -3.51. The molecular formula is C18H23N5O3S. The molecule has 2 aliphatic heterocycles. The van der Waals surface area contributed by atoms with Crippen LogP contribution >= 0.6 is 0 Å². The van der Waals surface area contributed by atoms with E-state index in [4.69, 9.17) is 0 Å². The van der Waals surface area contributed by atoms with Gasteiger partial charge < -0.3 is 14.8 Å². The molecule has 0 aliphatic carbocycles. The van der Waals surface area contributed by atoms with Gasteiger partial charge in [-0.05, 0) is 31.0 Å². The lowest BCUT2D eigenvalue weighted by Gasteiger charge is -2.35. The van der Waals surface area contributed by atoms with E-state index in [1.54, 1.807) is 11.1 Å². The quantitative estimate of drug-likeness (QED) is 0.847. The molecule has 8 nitrogen and oxygen atoms in total. The van der Waals surface area contributed by atoms with Gasteiger partial charge in [-0.3, -0.25) is 4.79 Å². The Morgan fingerprint density at radius 1 is 1.04 bits per heavy atom. The molecule has 2 aromatic rings. The first-order chi connectivity index (χ1) is 13.1. The summed E-state index contributed by atoms with van der Waals surface area (Å²) in [6.45, 7) is 3.63. The summed E-state index contributed by atoms with van der Waals surface area (Å²) in [5, 5.41) is 0. The normalized spacial score (nSPS) is 18.8. The highest BCUT2D eigenvalue weighted by Crippen LogP contribution is 2.22. The molecule has 0 atom stereocenters. The number of sulfonamides is 1. The molecular weight excluding hydrogens is 366 g/mol. The maximum atomic E-state index is 12.8. The Morgan fingerprint density at radius 3 is 2.44 bits per heavy atom. The summed E-state index contributed by atoms with van der Waals surface area (Å²) in [6, 6.07) is 7.24. The Labute approximate surface area is 158 Å². The SMILES string of the molecule is O=C(c1cc(S(=O)(=O)N2CCCC2)c[nH]1)N1CCN(c2ccccn2)CC1. The van der Waals surface area contributed by atoms with Gasteiger partial charge in [-0.25, -0.2) is 13.4 Å². The number of carbonyl (C=O) groups is 1. The van der Waals surface area contributed by atoms with Crippen LogP contribution in [0.5, 0.6) is 0 Å². The van der Waals surface area contributed by atoms with E-state index in [0.29, 0.717) is 45.0 Å². The van der Waals surface area contributed by atoms with E-state index < -0.39 is 10.0 Å². The average molecular weight is 389 g/mol. The molecule has 0 spiro atoms. The second-order valence-electron chi connectivity index (χ2n) is 6.83. The fourth-order valence-corrected chi connectivity index (χ4v) is 5.09. The smallest absolute Gasteiger partial charge is 0.270 e. The lowest BCUT2D eigenvalue weighted by atomic mass is 10.2. The Hall–Kier alpha value is -2.39. The molecule has 0 aromatic carbocycles. The van der Waals surface area contributed by atoms with Gasteiger partial charge in [0, 0.05) is 51.7 Å². The average Bonchev–Trinajstić information content (AvgIpc) is 3.41. The molecule has 2 fully saturated rings. The highest BCUT2D eigenvalue weighted by atomic mass is 32.2. The number of piperazine rings is 1. The molecule has 2 aromatic heterocycles. The number of pyridine rings is 1. The van der Waals surface area contributed by atoms with E-state index in [-0.39, 0.29) is 10.8 Å². The monoisotopic (exact) mass is 389 g/mol. The van der Waals surface area contributed by atoms with E-state index >= 15 is 0 Å². The molecule has 9 heteroatoms. The van der Waals surface area contributed by atoms with Crippen molar-refractivity contribution < 1.29 is 13.2 Å². The predicted molar refractivity (Wildman–Crippen MR) is 101 cm³/mol. The Kier molecular flexibility index (Phi) is 4.88. The van der Waals surface area contributed by atoms with Crippen molar-refractivity contribution in [3.05, 3.63) is 42.4 Å². The van der Waals surface area contributed by atoms with Gasteiger partial charge in [0.25, 0.3) is 5.91 Å². The van der Waals surface area contributed by atoms with Gasteiger partial charge in [-0.1, -0.05) is 6.07 Å². The number of nitrogens with zero attached hydrogens (tertiary/aromatic N) is 4. The first-order valence-corrected chi connectivity index (χ1v) is 10.6. The first kappa shape index (κ1) is 18.0. The number of carbonyl (C=O) groups excluding carboxylic acids is 1. The van der Waals surface area contributed by atoms with Gasteiger partial charge in [-0.15, -0.1) is 0 Å². The van der Waals surface area contributed by atoms with E-state index in [1.807, 2.05) is 18.2 Å². The number of nitrogens with one attached hydrogen (secondary N) is 1. The molecule has 144 valence electrons. The van der Waals surface area contributed by atoms with Crippen LogP contribution in [0.2, 0.25) is 0 Å². The summed E-state index contributed by atoms with van der Waals surface area (Å²) >= 11 is 0. The molecule has 0 unspecified atom stereocenters. The van der Waals surface area contributed by atoms with Crippen molar-refractivity contribution in [3.63, 3.8) is 0 Å². The molecule has 2 aliphatic rings. The van der Waals surface area contributed by atoms with E-state index in [9.17, 15) is 13.2 Å². The molecule has 27 heavy (non-hydrogen) atoms. The maximum absolute atomic E-state index is 12.8. The minimum atomic E-state index is -3.51. The Bertz CT molecular complexity index is 898. The zero-order chi connectivity index (χ0) is 18.9. The number of anilines is 1. The molecule has 0 radical (unpaired) electrons. The van der Waals surface area contributed by atoms with Crippen molar-refractivity contribution in [2.45, 2.75) is 17.7 Å². The Balaban J connectivity index is 1.42. The van der Waals surface area contributed by atoms with Crippen molar-refractivity contribution in [2.75, 3.05) is 44.2 Å². The second kappa shape index (κ2) is 7.32. The maximum Gasteiger partial charge on any atom is 0.270 e. The van der Waals surface area contributed by atoms with Gasteiger partial charge in [0.05, 0.1) is 0 Å². The molecule has 2 saturated heterocycles. The van der Waals surface area contributed by atoms with Crippen LogP contribution in [-0.4, -0.2) is 72.8 Å². The first-order valence-electron chi connectivity index (χ1n) is 9.19. The lowest BCUT2D eigenvalue weighted by Crippen LogP contribution is -2.49. The molecule has 4 heterocycles. The number of amides is 1. The van der Waals surface area contributed by atoms with E-state index in [1.165, 1.54) is 16.6 Å². The highest BCUT2D eigenvalue weighted by molar-refractivity contribution is 7.89. The molecule has 4 rings (SSSR count). The molecule has 1 amide bonds. The third-order valence-electron chi connectivity index (χ3n) is 5.13. The number of aromatic nitrogens is 2. The third kappa shape index (κ3) is 3.57. The topological polar surface area (TPSA) is 89.6 Å². The summed E-state index contributed by atoms with van der Waals surface area (Å²) in [4.78, 5) is 24.0. The van der Waals surface area contributed by atoms with Crippen molar-refractivity contribution in [2.24, 2.45) is 0 Å². The van der Waals surface area contributed by atoms with Crippen LogP contribution in [0, 0.1) is 0 Å². The molecule has 0 saturated carbocycles. The minimum absolute atomic E-state index is 0.167. The summed E-state index contributed by atoms with van der Waals surface area (Å²) in [5.74, 6) is 0.738. The zero-order valence-electron chi connectivity index (χ0n) is 15.0. The second-order valence-corrected chi connectivity index (χ2v) is 8.77. The van der Waals surface area contributed by atoms with E-state index in [2.05, 4.69) is 14.9 Å². The van der Waals surface area contributed by atoms with Gasteiger partial charge in [-0.2, -0.15) is 4.31 Å². The number of hydrogen-bond acceptors (Lipinski definition) is 5. The lowest BCUT2D eigenvalue weighted by molar-refractivity contribution is 0.0741. The third-order valence-corrected chi connectivity index (χ3v) is 7.01. The highest BCUT2D eigenvalue weighted by Gasteiger charge is 2.30. The minimum Gasteiger partial charge on any atom is -0.356 e. The van der Waals surface area contributed by atoms with Crippen molar-refractivity contribution >= 4 is 21.7 Å². The van der Waals surface area contributed by atoms with Crippen LogP contribution in [0.4, 0.5) is 5.82 Å². The Morgan fingerprint density at radius 2 is 1.78 bits per heavy atom. The number of H-pyrrole nitrogens is 1. The van der Waals surface area contributed by atoms with Crippen LogP contribution in [-0.2, 0) is 10.0 Å². The summed E-state index contributed by atoms with van der Waals surface area (Å²) in [6.07, 6.45) is 4.95. The van der Waals surface area contributed by atoms with Crippen LogP contribution in [0.25, 0.3) is 0 Å². The van der Waals surface area contributed by atoms with Crippen LogP contribution in [0.1, 0.15) is 23.3 Å².